The molecule has 2 aromatic rings. The van der Waals surface area contributed by atoms with E-state index in [1.165, 1.54) is 11.3 Å². The Hall–Kier alpha value is -1.64. The number of sulfonamides is 1. The Morgan fingerprint density at radius 3 is 2.57 bits per heavy atom. The molecule has 8 heteroatoms. The van der Waals surface area contributed by atoms with Crippen molar-refractivity contribution in [3.8, 4) is 0 Å². The fourth-order valence-electron chi connectivity index (χ4n) is 2.56. The Bertz CT molecular complexity index is 721. The van der Waals surface area contributed by atoms with E-state index < -0.39 is 10.0 Å². The lowest BCUT2D eigenvalue weighted by molar-refractivity contribution is 0.271. The minimum absolute atomic E-state index is 0.291. The van der Waals surface area contributed by atoms with E-state index >= 15 is 0 Å². The molecule has 1 N–H and O–H groups in total. The lowest BCUT2D eigenvalue weighted by Crippen LogP contribution is -2.46. The van der Waals surface area contributed by atoms with Crippen LogP contribution in [0.5, 0.6) is 0 Å². The molecule has 6 nitrogen and oxygen atoms in total. The van der Waals surface area contributed by atoms with Crippen molar-refractivity contribution in [1.29, 1.82) is 0 Å². The summed E-state index contributed by atoms with van der Waals surface area (Å²) in [5.74, 6) is 0.342. The van der Waals surface area contributed by atoms with Gasteiger partial charge in [0.05, 0.1) is 11.9 Å². The molecule has 124 valence electrons. The molecule has 0 spiro atoms. The van der Waals surface area contributed by atoms with Crippen LogP contribution in [0, 0.1) is 0 Å². The maximum Gasteiger partial charge on any atom is 0.272 e. The Labute approximate surface area is 140 Å². The van der Waals surface area contributed by atoms with E-state index in [4.69, 9.17) is 0 Å². The molecule has 3 rings (SSSR count). The molecule has 0 bridgehead atoms. The molecule has 3 heterocycles. The van der Waals surface area contributed by atoms with Crippen LogP contribution in [0.4, 0.5) is 11.5 Å². The predicted molar refractivity (Wildman–Crippen MR) is 93.7 cm³/mol. The third-order valence-electron chi connectivity index (χ3n) is 3.93. The zero-order valence-electron chi connectivity index (χ0n) is 13.0. The van der Waals surface area contributed by atoms with Crippen molar-refractivity contribution >= 4 is 32.9 Å². The standard InChI is InChI=1S/C15H20N4O2S2/c1-2-18-7-9-19(10-8-18)13-5-6-14(16-12-13)17-23(20,21)15-4-3-11-22-15/h3-6,11-12H,2,7-10H2,1H3,(H,16,17). The molecule has 23 heavy (non-hydrogen) atoms. The maximum atomic E-state index is 12.2. The van der Waals surface area contributed by atoms with Crippen LogP contribution < -0.4 is 9.62 Å². The van der Waals surface area contributed by atoms with Crippen molar-refractivity contribution < 1.29 is 8.42 Å². The van der Waals surface area contributed by atoms with Crippen molar-refractivity contribution in [2.75, 3.05) is 42.3 Å². The van der Waals surface area contributed by atoms with E-state index in [0.29, 0.717) is 10.0 Å². The minimum Gasteiger partial charge on any atom is -0.368 e. The summed E-state index contributed by atoms with van der Waals surface area (Å²) in [6, 6.07) is 6.92. The number of piperazine rings is 1. The molecule has 0 aliphatic carbocycles. The Kier molecular flexibility index (Phi) is 4.84. The van der Waals surface area contributed by atoms with Gasteiger partial charge in [-0.25, -0.2) is 13.4 Å². The number of hydrogen-bond acceptors (Lipinski definition) is 6. The summed E-state index contributed by atoms with van der Waals surface area (Å²) in [4.78, 5) is 8.93. The quantitative estimate of drug-likeness (QED) is 0.892. The third kappa shape index (κ3) is 3.82. The second-order valence-electron chi connectivity index (χ2n) is 5.36. The highest BCUT2D eigenvalue weighted by molar-refractivity contribution is 7.94. The number of nitrogens with one attached hydrogen (secondary N) is 1. The van der Waals surface area contributed by atoms with Gasteiger partial charge in [-0.2, -0.15) is 0 Å². The van der Waals surface area contributed by atoms with Gasteiger partial charge in [-0.3, -0.25) is 4.72 Å². The smallest absolute Gasteiger partial charge is 0.272 e. The van der Waals surface area contributed by atoms with Gasteiger partial charge >= 0.3 is 0 Å². The summed E-state index contributed by atoms with van der Waals surface area (Å²) in [7, 11) is -3.53. The van der Waals surface area contributed by atoms with Crippen molar-refractivity contribution in [1.82, 2.24) is 9.88 Å². The molecule has 2 aromatic heterocycles. The van der Waals surface area contributed by atoms with Gasteiger partial charge in [0.1, 0.15) is 10.0 Å². The predicted octanol–water partition coefficient (Wildman–Crippen LogP) is 2.09. The molecular formula is C15H20N4O2S2. The zero-order chi connectivity index (χ0) is 16.3. The van der Waals surface area contributed by atoms with Crippen LogP contribution in [-0.4, -0.2) is 51.0 Å². The monoisotopic (exact) mass is 352 g/mol. The summed E-state index contributed by atoms with van der Waals surface area (Å²) >= 11 is 1.19. The number of rotatable bonds is 5. The molecule has 0 atom stereocenters. The van der Waals surface area contributed by atoms with Crippen LogP contribution in [0.1, 0.15) is 6.92 Å². The zero-order valence-corrected chi connectivity index (χ0v) is 14.6. The summed E-state index contributed by atoms with van der Waals surface area (Å²) in [6.45, 7) is 7.28. The molecule has 0 radical (unpaired) electrons. The third-order valence-corrected chi connectivity index (χ3v) is 6.68. The minimum atomic E-state index is -3.53. The van der Waals surface area contributed by atoms with Gasteiger partial charge in [0.15, 0.2) is 0 Å². The van der Waals surface area contributed by atoms with E-state index in [2.05, 4.69) is 26.4 Å². The van der Waals surface area contributed by atoms with Crippen LogP contribution >= 0.6 is 11.3 Å². The largest absolute Gasteiger partial charge is 0.368 e. The molecular weight excluding hydrogens is 332 g/mol. The Morgan fingerprint density at radius 2 is 2.00 bits per heavy atom. The van der Waals surface area contributed by atoms with Crippen molar-refractivity contribution in [2.45, 2.75) is 11.1 Å². The fraction of sp³-hybridized carbons (Fsp3) is 0.400. The Morgan fingerprint density at radius 1 is 1.22 bits per heavy atom. The van der Waals surface area contributed by atoms with Gasteiger partial charge < -0.3 is 9.80 Å². The van der Waals surface area contributed by atoms with E-state index in [1.54, 1.807) is 29.8 Å². The molecule has 1 aliphatic heterocycles. The van der Waals surface area contributed by atoms with Crippen LogP contribution in [0.25, 0.3) is 0 Å². The number of thiophene rings is 1. The molecule has 1 aliphatic rings. The highest BCUT2D eigenvalue weighted by Crippen LogP contribution is 2.21. The number of aromatic nitrogens is 1. The number of pyridine rings is 1. The normalized spacial score (nSPS) is 16.5. The van der Waals surface area contributed by atoms with Crippen LogP contribution in [0.3, 0.4) is 0 Å². The van der Waals surface area contributed by atoms with Gasteiger partial charge in [-0.1, -0.05) is 13.0 Å². The fourth-order valence-corrected chi connectivity index (χ4v) is 4.56. The maximum absolute atomic E-state index is 12.2. The molecule has 1 fully saturated rings. The van der Waals surface area contributed by atoms with Crippen LogP contribution in [0.2, 0.25) is 0 Å². The topological polar surface area (TPSA) is 65.5 Å². The first-order chi connectivity index (χ1) is 11.1. The number of anilines is 2. The summed E-state index contributed by atoms with van der Waals surface area (Å²) in [6.07, 6.45) is 1.73. The number of hydrogen-bond donors (Lipinski definition) is 1. The van der Waals surface area contributed by atoms with E-state index in [0.717, 1.165) is 38.4 Å². The Balaban J connectivity index is 1.66. The summed E-state index contributed by atoms with van der Waals surface area (Å²) in [5, 5.41) is 1.74. The summed E-state index contributed by atoms with van der Waals surface area (Å²) < 4.78 is 27.1. The molecule has 1 saturated heterocycles. The van der Waals surface area contributed by atoms with Crippen molar-refractivity contribution in [3.05, 3.63) is 35.8 Å². The van der Waals surface area contributed by atoms with Gasteiger partial charge in [-0.05, 0) is 30.1 Å². The van der Waals surface area contributed by atoms with E-state index in [9.17, 15) is 8.42 Å². The van der Waals surface area contributed by atoms with Crippen LogP contribution in [0.15, 0.2) is 40.1 Å². The van der Waals surface area contributed by atoms with Gasteiger partial charge in [0.2, 0.25) is 0 Å². The van der Waals surface area contributed by atoms with Gasteiger partial charge in [0, 0.05) is 26.2 Å². The first kappa shape index (κ1) is 16.2. The van der Waals surface area contributed by atoms with Crippen molar-refractivity contribution in [3.63, 3.8) is 0 Å². The molecule has 0 aromatic carbocycles. The average molecular weight is 352 g/mol. The van der Waals surface area contributed by atoms with Crippen LogP contribution in [-0.2, 0) is 10.0 Å². The molecule has 0 saturated carbocycles. The lowest BCUT2D eigenvalue weighted by Gasteiger charge is -2.35. The SMILES string of the molecule is CCN1CCN(c2ccc(NS(=O)(=O)c3cccs3)nc2)CC1. The van der Waals surface area contributed by atoms with Gasteiger partial charge in [-0.15, -0.1) is 11.3 Å². The number of nitrogens with zero attached hydrogens (tertiary/aromatic N) is 3. The van der Waals surface area contributed by atoms with E-state index in [-0.39, 0.29) is 0 Å². The first-order valence-corrected chi connectivity index (χ1v) is 9.94. The first-order valence-electron chi connectivity index (χ1n) is 7.58. The second kappa shape index (κ2) is 6.86. The van der Waals surface area contributed by atoms with Crippen molar-refractivity contribution in [2.24, 2.45) is 0 Å². The highest BCUT2D eigenvalue weighted by atomic mass is 32.2. The second-order valence-corrected chi connectivity index (χ2v) is 8.22. The van der Waals surface area contributed by atoms with Gasteiger partial charge in [0.25, 0.3) is 10.0 Å². The lowest BCUT2D eigenvalue weighted by atomic mass is 10.3. The van der Waals surface area contributed by atoms with E-state index in [1.807, 2.05) is 6.07 Å². The number of likely N-dealkylation sites (N-methyl/N-ethyl adjacent to an activating group) is 1. The molecule has 0 unspecified atom stereocenters. The molecule has 0 amide bonds. The average Bonchev–Trinajstić information content (AvgIpc) is 3.11. The summed E-state index contributed by atoms with van der Waals surface area (Å²) in [5.41, 5.74) is 1.03. The highest BCUT2D eigenvalue weighted by Gasteiger charge is 2.18.